The highest BCUT2D eigenvalue weighted by atomic mass is 32.1. The van der Waals surface area contributed by atoms with Gasteiger partial charge in [-0.15, -0.1) is 15.3 Å². The molecule has 112 valence electrons. The molecule has 3 aromatic rings. The Kier molecular flexibility index (Phi) is 3.04. The van der Waals surface area contributed by atoms with Crippen molar-refractivity contribution in [3.8, 4) is 11.4 Å². The maximum atomic E-state index is 11.4. The van der Waals surface area contributed by atoms with Crippen LogP contribution < -0.4 is 4.90 Å². The lowest BCUT2D eigenvalue weighted by atomic mass is 10.2. The van der Waals surface area contributed by atoms with E-state index in [9.17, 15) is 9.90 Å². The smallest absolute Gasteiger partial charge is 0.326 e. The van der Waals surface area contributed by atoms with Gasteiger partial charge in [0.15, 0.2) is 11.5 Å². The predicted octanol–water partition coefficient (Wildman–Crippen LogP) is 1.91. The number of aliphatic carboxylic acids is 1. The Morgan fingerprint density at radius 2 is 2.23 bits per heavy atom. The summed E-state index contributed by atoms with van der Waals surface area (Å²) >= 11 is 1.58. The lowest BCUT2D eigenvalue weighted by Crippen LogP contribution is -2.36. The number of fused-ring (bicyclic) bond motifs is 1. The van der Waals surface area contributed by atoms with Crippen molar-refractivity contribution in [3.05, 3.63) is 29.0 Å². The zero-order valence-corrected chi connectivity index (χ0v) is 12.4. The van der Waals surface area contributed by atoms with E-state index in [0.29, 0.717) is 30.3 Å². The largest absolute Gasteiger partial charge is 0.480 e. The number of thiophene rings is 1. The molecule has 1 fully saturated rings. The molecule has 8 heteroatoms. The fourth-order valence-corrected chi connectivity index (χ4v) is 3.44. The molecule has 0 spiro atoms. The van der Waals surface area contributed by atoms with Crippen molar-refractivity contribution in [2.45, 2.75) is 18.9 Å². The van der Waals surface area contributed by atoms with Crippen LogP contribution in [-0.2, 0) is 4.79 Å². The highest BCUT2D eigenvalue weighted by Crippen LogP contribution is 2.26. The molecule has 4 heterocycles. The van der Waals surface area contributed by atoms with E-state index in [-0.39, 0.29) is 0 Å². The summed E-state index contributed by atoms with van der Waals surface area (Å²) in [5.74, 6) is 0.513. The molecular weight excluding hydrogens is 302 g/mol. The Hall–Kier alpha value is -2.48. The van der Waals surface area contributed by atoms with E-state index >= 15 is 0 Å². The van der Waals surface area contributed by atoms with Crippen LogP contribution in [0, 0.1) is 0 Å². The first-order valence-corrected chi connectivity index (χ1v) is 7.93. The molecule has 1 atom stereocenters. The first-order chi connectivity index (χ1) is 10.7. The van der Waals surface area contributed by atoms with Gasteiger partial charge in [0.2, 0.25) is 0 Å². The zero-order chi connectivity index (χ0) is 15.1. The van der Waals surface area contributed by atoms with Crippen molar-refractivity contribution >= 4 is 28.8 Å². The number of carboxylic acids is 1. The van der Waals surface area contributed by atoms with Crippen molar-refractivity contribution in [2.75, 3.05) is 11.4 Å². The lowest BCUT2D eigenvalue weighted by Gasteiger charge is -2.22. The number of aromatic nitrogens is 4. The second-order valence-corrected chi connectivity index (χ2v) is 5.97. The van der Waals surface area contributed by atoms with Gasteiger partial charge < -0.3 is 10.0 Å². The standard InChI is InChI=1S/C14H13N5O2S/c20-14(21)10-2-1-6-18(10)12-4-3-11-15-16-13(19(11)17-12)9-5-7-22-8-9/h3-5,7-8,10H,1-2,6H2,(H,20,21)/t10-/m1/s1. The molecule has 0 saturated carbocycles. The number of anilines is 1. The third kappa shape index (κ3) is 2.03. The molecule has 1 saturated heterocycles. The van der Waals surface area contributed by atoms with Gasteiger partial charge >= 0.3 is 5.97 Å². The van der Waals surface area contributed by atoms with E-state index in [4.69, 9.17) is 0 Å². The molecule has 0 bridgehead atoms. The molecule has 22 heavy (non-hydrogen) atoms. The van der Waals surface area contributed by atoms with E-state index in [0.717, 1.165) is 12.0 Å². The number of rotatable bonds is 3. The second kappa shape index (κ2) is 5.06. The van der Waals surface area contributed by atoms with Gasteiger partial charge in [0.05, 0.1) is 0 Å². The predicted molar refractivity (Wildman–Crippen MR) is 82.1 cm³/mol. The Balaban J connectivity index is 1.80. The van der Waals surface area contributed by atoms with Gasteiger partial charge in [-0.05, 0) is 36.4 Å². The number of hydrogen-bond acceptors (Lipinski definition) is 6. The molecular formula is C14H13N5O2S. The molecule has 4 rings (SSSR count). The Morgan fingerprint density at radius 1 is 1.32 bits per heavy atom. The van der Waals surface area contributed by atoms with Crippen molar-refractivity contribution in [1.82, 2.24) is 19.8 Å². The first kappa shape index (κ1) is 13.2. The molecule has 0 unspecified atom stereocenters. The Morgan fingerprint density at radius 3 is 3.00 bits per heavy atom. The van der Waals surface area contributed by atoms with Gasteiger partial charge in [0, 0.05) is 17.5 Å². The summed E-state index contributed by atoms with van der Waals surface area (Å²) in [6, 6.07) is 5.09. The van der Waals surface area contributed by atoms with Crippen molar-refractivity contribution in [2.24, 2.45) is 0 Å². The van der Waals surface area contributed by atoms with Crippen LogP contribution >= 0.6 is 11.3 Å². The maximum absolute atomic E-state index is 11.4. The highest BCUT2D eigenvalue weighted by Gasteiger charge is 2.31. The van der Waals surface area contributed by atoms with E-state index in [1.807, 2.05) is 33.9 Å². The monoisotopic (exact) mass is 315 g/mol. The molecule has 0 aliphatic carbocycles. The lowest BCUT2D eigenvalue weighted by molar-refractivity contribution is -0.138. The highest BCUT2D eigenvalue weighted by molar-refractivity contribution is 7.08. The summed E-state index contributed by atoms with van der Waals surface area (Å²) in [6.07, 6.45) is 1.50. The van der Waals surface area contributed by atoms with Crippen LogP contribution in [-0.4, -0.2) is 43.5 Å². The van der Waals surface area contributed by atoms with Gasteiger partial charge in [0.25, 0.3) is 0 Å². The topological polar surface area (TPSA) is 83.6 Å². The first-order valence-electron chi connectivity index (χ1n) is 6.98. The van der Waals surface area contributed by atoms with Gasteiger partial charge in [-0.25, -0.2) is 4.79 Å². The molecule has 1 aliphatic rings. The summed E-state index contributed by atoms with van der Waals surface area (Å²) in [5.41, 5.74) is 1.61. The maximum Gasteiger partial charge on any atom is 0.326 e. The Bertz CT molecular complexity index is 829. The molecule has 3 aromatic heterocycles. The van der Waals surface area contributed by atoms with Crippen LogP contribution in [0.3, 0.4) is 0 Å². The summed E-state index contributed by atoms with van der Waals surface area (Å²) < 4.78 is 1.68. The van der Waals surface area contributed by atoms with Crippen molar-refractivity contribution in [3.63, 3.8) is 0 Å². The van der Waals surface area contributed by atoms with Crippen LogP contribution in [0.25, 0.3) is 17.0 Å². The summed E-state index contributed by atoms with van der Waals surface area (Å²) in [6.45, 7) is 0.700. The minimum atomic E-state index is -0.804. The third-order valence-electron chi connectivity index (χ3n) is 3.86. The SMILES string of the molecule is O=C(O)[C@H]1CCCN1c1ccc2nnc(-c3ccsc3)n2n1. The van der Waals surface area contributed by atoms with Crippen molar-refractivity contribution < 1.29 is 9.90 Å². The third-order valence-corrected chi connectivity index (χ3v) is 4.54. The minimum Gasteiger partial charge on any atom is -0.480 e. The minimum absolute atomic E-state index is 0.508. The molecule has 7 nitrogen and oxygen atoms in total. The average molecular weight is 315 g/mol. The molecule has 0 radical (unpaired) electrons. The van der Waals surface area contributed by atoms with E-state index in [1.54, 1.807) is 15.9 Å². The fourth-order valence-electron chi connectivity index (χ4n) is 2.80. The van der Waals surface area contributed by atoms with Crippen LogP contribution in [0.5, 0.6) is 0 Å². The fraction of sp³-hybridized carbons (Fsp3) is 0.286. The second-order valence-electron chi connectivity index (χ2n) is 5.19. The number of hydrogen-bond donors (Lipinski definition) is 1. The van der Waals surface area contributed by atoms with E-state index < -0.39 is 12.0 Å². The van der Waals surface area contributed by atoms with Crippen molar-refractivity contribution in [1.29, 1.82) is 0 Å². The average Bonchev–Trinajstić information content (AvgIpc) is 3.25. The molecule has 0 amide bonds. The van der Waals surface area contributed by atoms with E-state index in [2.05, 4.69) is 15.3 Å². The summed E-state index contributed by atoms with van der Waals surface area (Å²) in [7, 11) is 0. The number of carboxylic acid groups (broad SMARTS) is 1. The van der Waals surface area contributed by atoms with Gasteiger partial charge in [0.1, 0.15) is 11.9 Å². The normalized spacial score (nSPS) is 18.2. The molecule has 1 N–H and O–H groups in total. The molecule has 1 aliphatic heterocycles. The summed E-state index contributed by atoms with van der Waals surface area (Å²) in [5, 5.41) is 26.1. The number of nitrogens with zero attached hydrogens (tertiary/aromatic N) is 5. The Labute approximate surface area is 129 Å². The molecule has 0 aromatic carbocycles. The van der Waals surface area contributed by atoms with Gasteiger partial charge in [-0.2, -0.15) is 15.9 Å². The summed E-state index contributed by atoms with van der Waals surface area (Å²) in [4.78, 5) is 13.2. The van der Waals surface area contributed by atoms with Crippen LogP contribution in [0.15, 0.2) is 29.0 Å². The zero-order valence-electron chi connectivity index (χ0n) is 11.6. The quantitative estimate of drug-likeness (QED) is 0.795. The van der Waals surface area contributed by atoms with Crippen LogP contribution in [0.4, 0.5) is 5.82 Å². The van der Waals surface area contributed by atoms with Crippen LogP contribution in [0.2, 0.25) is 0 Å². The van der Waals surface area contributed by atoms with Gasteiger partial charge in [-0.3, -0.25) is 0 Å². The van der Waals surface area contributed by atoms with E-state index in [1.165, 1.54) is 0 Å². The van der Waals surface area contributed by atoms with Gasteiger partial charge in [-0.1, -0.05) is 0 Å². The number of carbonyl (C=O) groups is 1. The van der Waals surface area contributed by atoms with Crippen LogP contribution in [0.1, 0.15) is 12.8 Å².